The molecule has 0 unspecified atom stereocenters. The van der Waals surface area contributed by atoms with E-state index >= 15 is 0 Å². The molecule has 4 heteroatoms. The summed E-state index contributed by atoms with van der Waals surface area (Å²) in [6.07, 6.45) is 1.23. The minimum atomic E-state index is -2.52. The molecule has 0 amide bonds. The molecule has 3 aromatic heterocycles. The van der Waals surface area contributed by atoms with Crippen LogP contribution in [0.4, 0.5) is 0 Å². The van der Waals surface area contributed by atoms with Crippen LogP contribution in [-0.4, -0.2) is 9.97 Å². The van der Waals surface area contributed by atoms with Gasteiger partial charge in [0.2, 0.25) is 0 Å². The molecule has 8 aromatic rings. The molecule has 3 heterocycles. The molecular formula is C52H52IrN2O-2. The molecule has 5 aromatic carbocycles. The Morgan fingerprint density at radius 1 is 0.732 bits per heavy atom. The molecule has 0 saturated carbocycles. The summed E-state index contributed by atoms with van der Waals surface area (Å²) < 4.78 is 49.2. The second-order valence-electron chi connectivity index (χ2n) is 18.1. The van der Waals surface area contributed by atoms with Crippen molar-refractivity contribution >= 4 is 43.5 Å². The van der Waals surface area contributed by atoms with E-state index in [-0.39, 0.29) is 47.5 Å². The Kier molecular flexibility index (Phi) is 8.43. The van der Waals surface area contributed by atoms with Gasteiger partial charge in [-0.2, -0.15) is 0 Å². The summed E-state index contributed by atoms with van der Waals surface area (Å²) in [5.41, 5.74) is 7.17. The number of hydrogen-bond donors (Lipinski definition) is 0. The number of rotatable bonds is 3. The van der Waals surface area contributed by atoms with E-state index in [0.29, 0.717) is 16.8 Å². The van der Waals surface area contributed by atoms with Crippen LogP contribution in [0.25, 0.3) is 66.0 Å². The van der Waals surface area contributed by atoms with Crippen LogP contribution in [0, 0.1) is 24.4 Å². The number of hydrogen-bond acceptors (Lipinski definition) is 3. The minimum Gasteiger partial charge on any atom is -0.500 e. The molecule has 0 saturated heterocycles. The summed E-state index contributed by atoms with van der Waals surface area (Å²) >= 11 is 0. The SMILES string of the molecule is CC(C)(C)c1ccnc(-c2[c-]cccc2)c1.[2H]C([2H])([2H])c1cnc(-c2[c-]ccc3c2oc2c4c5c(ccc6cccc(c65)C(C)(C)C4(C)C)cc23)cc1C([2H])([2H])C(C)(C)C.[Ir]. The first-order valence-electron chi connectivity index (χ1n) is 21.7. The van der Waals surface area contributed by atoms with E-state index in [1.165, 1.54) is 39.0 Å². The molecule has 0 N–H and O–H groups in total. The molecular weight excluding hydrogens is 861 g/mol. The maximum Gasteiger partial charge on any atom is 0.125 e. The first-order valence-corrected chi connectivity index (χ1v) is 19.2. The van der Waals surface area contributed by atoms with Crippen LogP contribution in [0.15, 0.2) is 108 Å². The molecule has 56 heavy (non-hydrogen) atoms. The fourth-order valence-electron chi connectivity index (χ4n) is 8.12. The van der Waals surface area contributed by atoms with Crippen LogP contribution in [0.3, 0.4) is 0 Å². The van der Waals surface area contributed by atoms with Crippen LogP contribution in [-0.2, 0) is 42.7 Å². The number of pyridine rings is 2. The number of furan rings is 1. The molecule has 0 atom stereocenters. The average Bonchev–Trinajstić information content (AvgIpc) is 3.56. The predicted octanol–water partition coefficient (Wildman–Crippen LogP) is 14.1. The number of aromatic nitrogens is 2. The number of fused-ring (bicyclic) bond motifs is 4. The third-order valence-electron chi connectivity index (χ3n) is 11.7. The Hall–Kier alpha value is -4.63. The van der Waals surface area contributed by atoms with Crippen molar-refractivity contribution in [3.8, 4) is 22.5 Å². The summed E-state index contributed by atoms with van der Waals surface area (Å²) in [4.78, 5) is 8.97. The summed E-state index contributed by atoms with van der Waals surface area (Å²) in [6.45, 7) is 18.7. The number of benzene rings is 5. The van der Waals surface area contributed by atoms with Crippen molar-refractivity contribution in [2.45, 2.75) is 98.7 Å². The number of nitrogens with zero attached hydrogens (tertiary/aromatic N) is 2. The first-order chi connectivity index (χ1) is 27.9. The van der Waals surface area contributed by atoms with E-state index in [0.717, 1.165) is 33.0 Å². The fourth-order valence-corrected chi connectivity index (χ4v) is 8.12. The molecule has 0 fully saturated rings. The zero-order valence-electron chi connectivity index (χ0n) is 39.0. The van der Waals surface area contributed by atoms with Gasteiger partial charge in [-0.15, -0.1) is 54.1 Å². The molecule has 3 nitrogen and oxygen atoms in total. The zero-order valence-corrected chi connectivity index (χ0v) is 36.3. The van der Waals surface area contributed by atoms with Crippen LogP contribution in [0.5, 0.6) is 0 Å². The Balaban J connectivity index is 0.000000278. The van der Waals surface area contributed by atoms with Gasteiger partial charge < -0.3 is 14.4 Å². The Morgan fingerprint density at radius 3 is 2.23 bits per heavy atom. The number of aryl methyl sites for hydroxylation is 1. The fraction of sp³-hybridized carbons (Fsp3) is 0.308. The van der Waals surface area contributed by atoms with E-state index in [1.54, 1.807) is 26.8 Å². The van der Waals surface area contributed by atoms with Crippen LogP contribution in [0.1, 0.15) is 104 Å². The zero-order chi connectivity index (χ0) is 43.4. The molecule has 0 bridgehead atoms. The van der Waals surface area contributed by atoms with Crippen molar-refractivity contribution in [2.24, 2.45) is 5.41 Å². The van der Waals surface area contributed by atoms with Gasteiger partial charge in [0.1, 0.15) is 5.58 Å². The topological polar surface area (TPSA) is 38.9 Å². The van der Waals surface area contributed by atoms with Gasteiger partial charge in [0.25, 0.3) is 0 Å². The van der Waals surface area contributed by atoms with E-state index in [4.69, 9.17) is 11.3 Å². The largest absolute Gasteiger partial charge is 0.500 e. The quantitative estimate of drug-likeness (QED) is 0.131. The summed E-state index contributed by atoms with van der Waals surface area (Å²) in [5, 5.41) is 6.79. The average molecular weight is 918 g/mol. The van der Waals surface area contributed by atoms with E-state index in [2.05, 4.69) is 119 Å². The van der Waals surface area contributed by atoms with Gasteiger partial charge in [-0.1, -0.05) is 128 Å². The van der Waals surface area contributed by atoms with Crippen LogP contribution in [0.2, 0.25) is 0 Å². The van der Waals surface area contributed by atoms with Crippen molar-refractivity contribution in [1.29, 1.82) is 0 Å². The first kappa shape index (κ1) is 33.5. The molecule has 0 spiro atoms. The van der Waals surface area contributed by atoms with Crippen LogP contribution >= 0.6 is 0 Å². The van der Waals surface area contributed by atoms with Gasteiger partial charge in [-0.05, 0) is 91.2 Å². The molecule has 287 valence electrons. The normalized spacial score (nSPS) is 16.4. The van der Waals surface area contributed by atoms with Gasteiger partial charge in [-0.3, -0.25) is 0 Å². The second kappa shape index (κ2) is 14.1. The van der Waals surface area contributed by atoms with Gasteiger partial charge in [-0.25, -0.2) is 0 Å². The monoisotopic (exact) mass is 918 g/mol. The molecule has 1 aliphatic carbocycles. The Morgan fingerprint density at radius 2 is 1.52 bits per heavy atom. The Labute approximate surface area is 353 Å². The molecule has 9 rings (SSSR count). The third-order valence-corrected chi connectivity index (χ3v) is 11.7. The van der Waals surface area contributed by atoms with Crippen molar-refractivity contribution in [1.82, 2.24) is 9.97 Å². The molecule has 1 aliphatic rings. The minimum absolute atomic E-state index is 0. The smallest absolute Gasteiger partial charge is 0.125 e. The van der Waals surface area contributed by atoms with Crippen molar-refractivity contribution in [3.63, 3.8) is 0 Å². The van der Waals surface area contributed by atoms with E-state index in [9.17, 15) is 0 Å². The van der Waals surface area contributed by atoms with Crippen molar-refractivity contribution < 1.29 is 31.4 Å². The van der Waals surface area contributed by atoms with E-state index < -0.39 is 18.6 Å². The van der Waals surface area contributed by atoms with Crippen molar-refractivity contribution in [3.05, 3.63) is 143 Å². The van der Waals surface area contributed by atoms with Gasteiger partial charge in [0.05, 0.1) is 5.58 Å². The van der Waals surface area contributed by atoms with E-state index in [1.807, 2.05) is 42.6 Å². The molecule has 0 aliphatic heterocycles. The summed E-state index contributed by atoms with van der Waals surface area (Å²) in [7, 11) is 0. The predicted molar refractivity (Wildman–Crippen MR) is 232 cm³/mol. The van der Waals surface area contributed by atoms with Gasteiger partial charge >= 0.3 is 0 Å². The maximum atomic E-state index is 8.99. The van der Waals surface area contributed by atoms with Crippen LogP contribution < -0.4 is 0 Å². The third kappa shape index (κ3) is 6.69. The standard InChI is InChI=1S/C37H36NO.C15H16N.Ir/c1-21-20-38-29(18-24(21)19-35(2,3)4)26-13-10-12-25-27-17-23-16-15-22-11-9-14-28-30(22)31(23)32(34(27)39-33(25)26)37(7,8)36(28,5)6;1-15(2,3)13-9-10-16-14(11-13)12-7-5-4-6-8-12;/h9-12,14-18,20H,19H2,1-8H3;4-7,9-11H,1-3H3;/q2*-1;/i1D3,19D2;;. The maximum absolute atomic E-state index is 8.99. The van der Waals surface area contributed by atoms with Gasteiger partial charge in [0, 0.05) is 55.7 Å². The molecule has 1 radical (unpaired) electrons. The van der Waals surface area contributed by atoms with Crippen molar-refractivity contribution in [2.75, 3.05) is 0 Å². The van der Waals surface area contributed by atoms with Gasteiger partial charge in [0.15, 0.2) is 0 Å². The summed E-state index contributed by atoms with van der Waals surface area (Å²) in [6, 6.07) is 37.3. The summed E-state index contributed by atoms with van der Waals surface area (Å²) in [5.74, 6) is 0. The Bertz CT molecular complexity index is 2970. The second-order valence-corrected chi connectivity index (χ2v) is 18.1.